The minimum Gasteiger partial charge on any atom is -1.00 e. The van der Waals surface area contributed by atoms with Gasteiger partial charge in [0.1, 0.15) is 6.20 Å². The first-order valence-corrected chi connectivity index (χ1v) is 9.79. The van der Waals surface area contributed by atoms with Crippen LogP contribution in [0.5, 0.6) is 0 Å². The summed E-state index contributed by atoms with van der Waals surface area (Å²) in [5.74, 6) is -0.581. The molecule has 2 heterocycles. The number of para-hydroxylation sites is 1. The number of nitrogens with zero attached hydrogens (tertiary/aromatic N) is 4. The predicted octanol–water partition coefficient (Wildman–Crippen LogP) is -5.24. The van der Waals surface area contributed by atoms with Crippen molar-refractivity contribution in [3.8, 4) is 11.3 Å². The van der Waals surface area contributed by atoms with Gasteiger partial charge in [0.25, 0.3) is 0 Å². The quantitative estimate of drug-likeness (QED) is 0.0807. The van der Waals surface area contributed by atoms with E-state index in [2.05, 4.69) is 38.7 Å². The molecule has 0 amide bonds. The average Bonchev–Trinajstić information content (AvgIpc) is 3.28. The van der Waals surface area contributed by atoms with Crippen LogP contribution in [0.3, 0.4) is 0 Å². The van der Waals surface area contributed by atoms with Gasteiger partial charge < -0.3 is 52.3 Å². The zero-order valence-electron chi connectivity index (χ0n) is 17.6. The van der Waals surface area contributed by atoms with Crippen LogP contribution < -0.4 is 47.1 Å². The molecule has 0 fully saturated rings. The van der Waals surface area contributed by atoms with E-state index >= 15 is 0 Å². The molecule has 0 saturated heterocycles. The van der Waals surface area contributed by atoms with Gasteiger partial charge in [0, 0.05) is 34.9 Å². The van der Waals surface area contributed by atoms with Crippen LogP contribution >= 0.6 is 23.7 Å². The molecule has 4 aromatic rings. The molecule has 33 heavy (non-hydrogen) atoms. The molecule has 0 atom stereocenters. The molecule has 0 spiro atoms. The third-order valence-corrected chi connectivity index (χ3v) is 5.39. The average molecular weight is 598 g/mol. The summed E-state index contributed by atoms with van der Waals surface area (Å²) in [4.78, 5) is 5.19. The number of fused-ring (bicyclic) bond motifs is 1. The number of aryl methyl sites for hydroxylation is 2. The van der Waals surface area contributed by atoms with Crippen LogP contribution in [-0.2, 0) is 33.1 Å². The largest absolute Gasteiger partial charge is 2.00 e. The Hall–Kier alpha value is -1.63. The fourth-order valence-electron chi connectivity index (χ4n) is 3.26. The molecule has 4 rings (SSSR count). The maximum absolute atomic E-state index is 11.0. The van der Waals surface area contributed by atoms with Crippen molar-refractivity contribution >= 4 is 46.2 Å². The fourth-order valence-corrected chi connectivity index (χ4v) is 3.97. The van der Waals surface area contributed by atoms with Gasteiger partial charge in [-0.25, -0.2) is 4.57 Å². The van der Waals surface area contributed by atoms with Gasteiger partial charge >= 0.3 is 24.3 Å². The number of hydrogen-bond acceptors (Lipinski definition) is 4. The van der Waals surface area contributed by atoms with Crippen LogP contribution in [0.2, 0.25) is 0 Å². The Morgan fingerprint density at radius 3 is 2.36 bits per heavy atom. The van der Waals surface area contributed by atoms with E-state index in [0.717, 1.165) is 27.8 Å². The third kappa shape index (κ3) is 7.43. The van der Waals surface area contributed by atoms with Gasteiger partial charge in [-0.15, -0.1) is 12.4 Å². The molecule has 0 unspecified atom stereocenters. The number of aromatic nitrogens is 2. The first-order valence-electron chi connectivity index (χ1n) is 8.91. The molecule has 172 valence electrons. The summed E-state index contributed by atoms with van der Waals surface area (Å²) in [6.07, 6.45) is 2.02. The van der Waals surface area contributed by atoms with Crippen molar-refractivity contribution in [1.29, 1.82) is 5.41 Å². The second-order valence-electron chi connectivity index (χ2n) is 6.39. The summed E-state index contributed by atoms with van der Waals surface area (Å²) < 4.78 is 3.99. The second-order valence-corrected chi connectivity index (χ2v) is 7.26. The molecule has 6 nitrogen and oxygen atoms in total. The Morgan fingerprint density at radius 1 is 1.06 bits per heavy atom. The molecule has 0 aliphatic heterocycles. The van der Waals surface area contributed by atoms with Crippen LogP contribution in [0.1, 0.15) is 6.42 Å². The SMILES string of the molecule is Cl.Cn1c(-c2ccccc2)c(N=[N+]=c2sccn2CCC(=N)[O-])c2ccccc21.[Cl-].[Cl-].[Cl-].[Zn+2]. The molecular formula is C21H20Cl4N5OSZn-. The minimum atomic E-state index is -0.581. The van der Waals surface area contributed by atoms with Crippen molar-refractivity contribution in [2.75, 3.05) is 0 Å². The van der Waals surface area contributed by atoms with E-state index < -0.39 is 5.90 Å². The van der Waals surface area contributed by atoms with Crippen LogP contribution in [0.25, 0.3) is 22.2 Å². The summed E-state index contributed by atoms with van der Waals surface area (Å²) in [5, 5.41) is 25.6. The molecule has 1 N–H and O–H groups in total. The second kappa shape index (κ2) is 15.3. The van der Waals surface area contributed by atoms with Crippen LogP contribution in [0, 0.1) is 5.41 Å². The van der Waals surface area contributed by atoms with Gasteiger partial charge in [-0.3, -0.25) is 0 Å². The van der Waals surface area contributed by atoms with E-state index in [1.54, 1.807) is 0 Å². The van der Waals surface area contributed by atoms with Gasteiger partial charge in [0.2, 0.25) is 0 Å². The van der Waals surface area contributed by atoms with Gasteiger partial charge in [0.15, 0.2) is 5.69 Å². The van der Waals surface area contributed by atoms with Gasteiger partial charge in [0.05, 0.1) is 17.8 Å². The summed E-state index contributed by atoms with van der Waals surface area (Å²) in [6, 6.07) is 18.3. The number of halogens is 4. The molecule has 12 heteroatoms. The summed E-state index contributed by atoms with van der Waals surface area (Å²) in [7, 11) is 2.04. The van der Waals surface area contributed by atoms with E-state index in [1.165, 1.54) is 11.3 Å². The topological polar surface area (TPSA) is 83.2 Å². The van der Waals surface area contributed by atoms with Crippen molar-refractivity contribution in [3.05, 3.63) is 71.0 Å². The third-order valence-electron chi connectivity index (χ3n) is 4.60. The van der Waals surface area contributed by atoms with Crippen molar-refractivity contribution in [3.63, 3.8) is 0 Å². The number of hydrogen-bond donors (Lipinski definition) is 1. The van der Waals surface area contributed by atoms with Crippen molar-refractivity contribution in [1.82, 2.24) is 9.13 Å². The molecule has 0 bridgehead atoms. The van der Waals surface area contributed by atoms with Crippen LogP contribution in [0.4, 0.5) is 5.69 Å². The number of thiazole rings is 1. The zero-order chi connectivity index (χ0) is 19.5. The molecule has 0 saturated carbocycles. The number of benzene rings is 2. The van der Waals surface area contributed by atoms with E-state index in [-0.39, 0.29) is 75.5 Å². The van der Waals surface area contributed by atoms with Crippen molar-refractivity contribution in [2.24, 2.45) is 12.2 Å². The Kier molecular flexibility index (Phi) is 15.6. The van der Waals surface area contributed by atoms with E-state index in [9.17, 15) is 5.11 Å². The zero-order valence-corrected chi connectivity index (χ0v) is 24.5. The van der Waals surface area contributed by atoms with Gasteiger partial charge in [-0.2, -0.15) is 0 Å². The molecule has 0 radical (unpaired) electrons. The smallest absolute Gasteiger partial charge is 1.00 e. The first kappa shape index (κ1) is 33.5. The maximum atomic E-state index is 11.0. The van der Waals surface area contributed by atoms with Crippen LogP contribution in [0.15, 0.2) is 71.3 Å². The minimum absolute atomic E-state index is 0. The van der Waals surface area contributed by atoms with E-state index in [4.69, 9.17) is 5.41 Å². The van der Waals surface area contributed by atoms with E-state index in [0.29, 0.717) is 11.3 Å². The Balaban J connectivity index is 0. The van der Waals surface area contributed by atoms with Crippen LogP contribution in [-0.4, -0.2) is 19.8 Å². The molecule has 2 aromatic carbocycles. The van der Waals surface area contributed by atoms with Gasteiger partial charge in [-0.1, -0.05) is 53.3 Å². The van der Waals surface area contributed by atoms with Crippen molar-refractivity contribution in [2.45, 2.75) is 13.0 Å². The Bertz CT molecular complexity index is 1270. The first-order chi connectivity index (χ1) is 13.6. The Labute approximate surface area is 233 Å². The molecule has 0 aliphatic rings. The fraction of sp³-hybridized carbons (Fsp3) is 0.143. The normalized spacial score (nSPS) is 9.12. The predicted molar refractivity (Wildman–Crippen MR) is 116 cm³/mol. The summed E-state index contributed by atoms with van der Waals surface area (Å²) >= 11 is 1.46. The number of nitrogens with one attached hydrogen (secondary N) is 1. The molecule has 2 aromatic heterocycles. The maximum Gasteiger partial charge on any atom is 2.00 e. The summed E-state index contributed by atoms with van der Waals surface area (Å²) in [6.45, 7) is 0.432. The number of rotatable bonds is 5. The standard InChI is InChI=1S/C21H19N5OS.4ClH.Zn/c1-25-17-10-6-5-9-16(17)19(20(25)15-7-3-2-4-8-15)23-24-21-26(13-14-28-21)12-11-18(22)27;;;;;/h2-10,13-14H,11-12H2,1H3,(H-,22,27);4*1H;/q;;;;;+2/p-3. The summed E-state index contributed by atoms with van der Waals surface area (Å²) in [5.41, 5.74) is 4.00. The van der Waals surface area contributed by atoms with Gasteiger partial charge in [-0.05, 0) is 23.3 Å². The monoisotopic (exact) mass is 594 g/mol. The van der Waals surface area contributed by atoms with Crippen molar-refractivity contribution < 1.29 is 66.6 Å². The molecular weight excluding hydrogens is 578 g/mol. The van der Waals surface area contributed by atoms with E-state index in [1.807, 2.05) is 53.5 Å². The Morgan fingerprint density at radius 2 is 1.70 bits per heavy atom. The molecule has 0 aliphatic carbocycles.